The Hall–Kier alpha value is -1.15. The largest absolute Gasteiger partial charge is 0.340 e. The van der Waals surface area contributed by atoms with E-state index in [4.69, 9.17) is 0 Å². The average molecular weight is 416 g/mol. The van der Waals surface area contributed by atoms with E-state index in [-0.39, 0.29) is 24.2 Å². The smallest absolute Gasteiger partial charge is 0.243 e. The van der Waals surface area contributed by atoms with Crippen LogP contribution in [-0.4, -0.2) is 62.8 Å². The summed E-state index contributed by atoms with van der Waals surface area (Å²) in [6.45, 7) is 7.63. The minimum absolute atomic E-state index is 0. The highest BCUT2D eigenvalue weighted by Gasteiger charge is 2.32. The normalized spacial score (nSPS) is 19.7. The summed E-state index contributed by atoms with van der Waals surface area (Å²) in [6, 6.07) is 7.15. The van der Waals surface area contributed by atoms with E-state index in [1.165, 1.54) is 4.31 Å². The minimum Gasteiger partial charge on any atom is -0.340 e. The standard InChI is InChI=1S/C19H29N3O3S.ClH/c1-15(2)16-3-5-18(6-4-16)26(24,25)22-13-11-21(12-14-22)19(23)17-7-9-20-10-8-17;/h3-6,15,17,20H,7-14H2,1-2H3;1H. The van der Waals surface area contributed by atoms with Crippen molar-refractivity contribution < 1.29 is 13.2 Å². The maximum atomic E-state index is 12.9. The molecule has 3 rings (SSSR count). The number of hydrogen-bond acceptors (Lipinski definition) is 4. The van der Waals surface area contributed by atoms with Crippen LogP contribution in [0.15, 0.2) is 29.2 Å². The van der Waals surface area contributed by atoms with Crippen LogP contribution in [-0.2, 0) is 14.8 Å². The third-order valence-electron chi connectivity index (χ3n) is 5.42. The first kappa shape index (κ1) is 22.1. The molecule has 1 aromatic rings. The molecule has 2 fully saturated rings. The Bertz CT molecular complexity index is 723. The number of benzene rings is 1. The summed E-state index contributed by atoms with van der Waals surface area (Å²) in [6.07, 6.45) is 1.75. The van der Waals surface area contributed by atoms with Gasteiger partial charge in [-0.1, -0.05) is 26.0 Å². The van der Waals surface area contributed by atoms with Gasteiger partial charge in [-0.2, -0.15) is 4.31 Å². The number of piperazine rings is 1. The Balaban J connectivity index is 0.00000261. The molecule has 0 atom stereocenters. The van der Waals surface area contributed by atoms with E-state index in [0.29, 0.717) is 37.0 Å². The Kier molecular flexibility index (Phi) is 7.68. The van der Waals surface area contributed by atoms with Crippen LogP contribution in [0.2, 0.25) is 0 Å². The van der Waals surface area contributed by atoms with Crippen molar-refractivity contribution in [3.63, 3.8) is 0 Å². The van der Waals surface area contributed by atoms with Gasteiger partial charge in [0, 0.05) is 32.1 Å². The molecular weight excluding hydrogens is 386 g/mol. The summed E-state index contributed by atoms with van der Waals surface area (Å²) in [4.78, 5) is 14.8. The van der Waals surface area contributed by atoms with Gasteiger partial charge in [0.2, 0.25) is 15.9 Å². The lowest BCUT2D eigenvalue weighted by atomic mass is 9.96. The first-order chi connectivity index (χ1) is 12.4. The van der Waals surface area contributed by atoms with Crippen LogP contribution >= 0.6 is 12.4 Å². The summed E-state index contributed by atoms with van der Waals surface area (Å²) in [5.41, 5.74) is 1.13. The Morgan fingerprint density at radius 3 is 2.11 bits per heavy atom. The average Bonchev–Trinajstić information content (AvgIpc) is 2.68. The topological polar surface area (TPSA) is 69.7 Å². The van der Waals surface area contributed by atoms with Crippen LogP contribution in [0.4, 0.5) is 0 Å². The van der Waals surface area contributed by atoms with Gasteiger partial charge in [-0.3, -0.25) is 4.79 Å². The monoisotopic (exact) mass is 415 g/mol. The maximum absolute atomic E-state index is 12.9. The summed E-state index contributed by atoms with van der Waals surface area (Å²) in [7, 11) is -3.49. The number of rotatable bonds is 4. The molecule has 0 saturated carbocycles. The molecule has 0 aromatic heterocycles. The molecule has 1 N–H and O–H groups in total. The number of nitrogens with one attached hydrogen (secondary N) is 1. The van der Waals surface area contributed by atoms with Crippen molar-refractivity contribution >= 4 is 28.3 Å². The van der Waals surface area contributed by atoms with Crippen LogP contribution in [0, 0.1) is 5.92 Å². The molecule has 0 aliphatic carbocycles. The molecule has 0 bridgehead atoms. The molecule has 2 aliphatic rings. The van der Waals surface area contributed by atoms with E-state index in [9.17, 15) is 13.2 Å². The summed E-state index contributed by atoms with van der Waals surface area (Å²) in [5, 5.41) is 3.27. The Morgan fingerprint density at radius 2 is 1.59 bits per heavy atom. The molecule has 27 heavy (non-hydrogen) atoms. The number of piperidine rings is 1. The second-order valence-electron chi connectivity index (χ2n) is 7.48. The van der Waals surface area contributed by atoms with Gasteiger partial charge < -0.3 is 10.2 Å². The van der Waals surface area contributed by atoms with Crippen LogP contribution in [0.3, 0.4) is 0 Å². The van der Waals surface area contributed by atoms with Gasteiger partial charge in [-0.25, -0.2) is 8.42 Å². The van der Waals surface area contributed by atoms with Gasteiger partial charge in [0.05, 0.1) is 4.90 Å². The number of carbonyl (C=O) groups excluding carboxylic acids is 1. The van der Waals surface area contributed by atoms with E-state index in [1.807, 2.05) is 17.0 Å². The van der Waals surface area contributed by atoms with Crippen molar-refractivity contribution in [1.82, 2.24) is 14.5 Å². The molecule has 0 radical (unpaired) electrons. The SMILES string of the molecule is CC(C)c1ccc(S(=O)(=O)N2CCN(C(=O)C3CCNCC3)CC2)cc1.Cl. The number of halogens is 1. The lowest BCUT2D eigenvalue weighted by Crippen LogP contribution is -2.52. The second-order valence-corrected chi connectivity index (χ2v) is 9.42. The van der Waals surface area contributed by atoms with Gasteiger partial charge in [0.25, 0.3) is 0 Å². The van der Waals surface area contributed by atoms with Gasteiger partial charge in [-0.05, 0) is 49.5 Å². The van der Waals surface area contributed by atoms with Crippen molar-refractivity contribution in [2.45, 2.75) is 37.5 Å². The zero-order valence-electron chi connectivity index (χ0n) is 16.1. The van der Waals surface area contributed by atoms with Crippen molar-refractivity contribution in [2.75, 3.05) is 39.3 Å². The summed E-state index contributed by atoms with van der Waals surface area (Å²) in [5.74, 6) is 0.643. The van der Waals surface area contributed by atoms with E-state index >= 15 is 0 Å². The van der Waals surface area contributed by atoms with Crippen molar-refractivity contribution in [1.29, 1.82) is 0 Å². The highest BCUT2D eigenvalue weighted by atomic mass is 35.5. The van der Waals surface area contributed by atoms with Gasteiger partial charge >= 0.3 is 0 Å². The molecule has 2 aliphatic heterocycles. The third kappa shape index (κ3) is 5.02. The molecule has 1 amide bonds. The van der Waals surface area contributed by atoms with Gasteiger partial charge in [-0.15, -0.1) is 12.4 Å². The summed E-state index contributed by atoms with van der Waals surface area (Å²) >= 11 is 0. The Labute approximate surface area is 168 Å². The van der Waals surface area contributed by atoms with Crippen molar-refractivity contribution in [2.24, 2.45) is 5.92 Å². The fourth-order valence-electron chi connectivity index (χ4n) is 3.65. The molecule has 1 aromatic carbocycles. The number of carbonyl (C=O) groups is 1. The predicted octanol–water partition coefficient (Wildman–Crippen LogP) is 2.06. The molecule has 0 spiro atoms. The van der Waals surface area contributed by atoms with Gasteiger partial charge in [0.1, 0.15) is 0 Å². The minimum atomic E-state index is -3.49. The fourth-order valence-corrected chi connectivity index (χ4v) is 5.07. The highest BCUT2D eigenvalue weighted by molar-refractivity contribution is 7.89. The number of amides is 1. The first-order valence-corrected chi connectivity index (χ1v) is 10.9. The van der Waals surface area contributed by atoms with E-state index < -0.39 is 10.0 Å². The zero-order chi connectivity index (χ0) is 18.7. The third-order valence-corrected chi connectivity index (χ3v) is 7.34. The van der Waals surface area contributed by atoms with Crippen molar-refractivity contribution in [3.8, 4) is 0 Å². The number of hydrogen-bond donors (Lipinski definition) is 1. The van der Waals surface area contributed by atoms with Crippen LogP contribution in [0.5, 0.6) is 0 Å². The number of nitrogens with zero attached hydrogens (tertiary/aromatic N) is 2. The molecule has 2 saturated heterocycles. The fraction of sp³-hybridized carbons (Fsp3) is 0.632. The molecule has 152 valence electrons. The lowest BCUT2D eigenvalue weighted by Gasteiger charge is -2.36. The molecule has 0 unspecified atom stereocenters. The van der Waals surface area contributed by atoms with Crippen LogP contribution in [0.25, 0.3) is 0 Å². The second kappa shape index (κ2) is 9.37. The Morgan fingerprint density at radius 1 is 1.04 bits per heavy atom. The van der Waals surface area contributed by atoms with E-state index in [0.717, 1.165) is 31.5 Å². The van der Waals surface area contributed by atoms with Crippen molar-refractivity contribution in [3.05, 3.63) is 29.8 Å². The van der Waals surface area contributed by atoms with E-state index in [2.05, 4.69) is 19.2 Å². The lowest BCUT2D eigenvalue weighted by molar-refractivity contribution is -0.137. The molecule has 2 heterocycles. The molecule has 8 heteroatoms. The first-order valence-electron chi connectivity index (χ1n) is 9.49. The highest BCUT2D eigenvalue weighted by Crippen LogP contribution is 2.22. The van der Waals surface area contributed by atoms with Gasteiger partial charge in [0.15, 0.2) is 0 Å². The van der Waals surface area contributed by atoms with Crippen LogP contribution < -0.4 is 5.32 Å². The quantitative estimate of drug-likeness (QED) is 0.817. The molecular formula is C19H30ClN3O3S. The maximum Gasteiger partial charge on any atom is 0.243 e. The zero-order valence-corrected chi connectivity index (χ0v) is 17.7. The number of sulfonamides is 1. The predicted molar refractivity (Wildman–Crippen MR) is 109 cm³/mol. The molecule has 6 nitrogen and oxygen atoms in total. The summed E-state index contributed by atoms with van der Waals surface area (Å²) < 4.78 is 27.2. The van der Waals surface area contributed by atoms with Crippen LogP contribution in [0.1, 0.15) is 38.2 Å². The van der Waals surface area contributed by atoms with E-state index in [1.54, 1.807) is 12.1 Å².